The van der Waals surface area contributed by atoms with Gasteiger partial charge in [0.05, 0.1) is 13.7 Å². The average molecular weight is 194 g/mol. The first kappa shape index (κ1) is 8.87. The number of ether oxygens (including phenoxy) is 3. The fourth-order valence-electron chi connectivity index (χ4n) is 1.40. The average Bonchev–Trinajstić information content (AvgIpc) is 2.66. The number of carbonyl (C=O) groups excluding carboxylic acids is 1. The van der Waals surface area contributed by atoms with E-state index in [1.54, 1.807) is 6.07 Å². The molecular formula is C10H10O4. The van der Waals surface area contributed by atoms with Crippen molar-refractivity contribution in [3.8, 4) is 11.5 Å². The molecule has 0 atom stereocenters. The largest absolute Gasteiger partial charge is 0.513 e. The van der Waals surface area contributed by atoms with Crippen LogP contribution < -0.4 is 9.47 Å². The Morgan fingerprint density at radius 1 is 1.50 bits per heavy atom. The van der Waals surface area contributed by atoms with Crippen molar-refractivity contribution in [2.75, 3.05) is 13.7 Å². The topological polar surface area (TPSA) is 44.8 Å². The van der Waals surface area contributed by atoms with Crippen LogP contribution >= 0.6 is 0 Å². The van der Waals surface area contributed by atoms with Gasteiger partial charge in [0.15, 0.2) is 11.5 Å². The normalized spacial score (nSPS) is 12.9. The number of benzene rings is 1. The Balaban J connectivity index is 2.26. The molecule has 0 aromatic heterocycles. The highest BCUT2D eigenvalue weighted by Crippen LogP contribution is 2.35. The lowest BCUT2D eigenvalue weighted by Crippen LogP contribution is -2.07. The molecule has 1 aromatic carbocycles. The van der Waals surface area contributed by atoms with E-state index in [2.05, 4.69) is 4.74 Å². The molecule has 0 fully saturated rings. The van der Waals surface area contributed by atoms with E-state index in [9.17, 15) is 4.79 Å². The first-order valence-corrected chi connectivity index (χ1v) is 4.32. The molecule has 0 spiro atoms. The van der Waals surface area contributed by atoms with Crippen molar-refractivity contribution in [2.45, 2.75) is 6.42 Å². The third kappa shape index (κ3) is 1.51. The molecule has 0 aliphatic carbocycles. The monoisotopic (exact) mass is 194 g/mol. The predicted octanol–water partition coefficient (Wildman–Crippen LogP) is 1.77. The first-order valence-electron chi connectivity index (χ1n) is 4.32. The Hall–Kier alpha value is -1.71. The highest BCUT2D eigenvalue weighted by molar-refractivity contribution is 5.66. The second-order valence-electron chi connectivity index (χ2n) is 2.90. The van der Waals surface area contributed by atoms with E-state index in [1.807, 2.05) is 12.1 Å². The highest BCUT2D eigenvalue weighted by Gasteiger charge is 2.18. The van der Waals surface area contributed by atoms with Crippen molar-refractivity contribution in [3.05, 3.63) is 23.8 Å². The van der Waals surface area contributed by atoms with Gasteiger partial charge < -0.3 is 14.2 Å². The van der Waals surface area contributed by atoms with Crippen LogP contribution in [0.1, 0.15) is 5.56 Å². The molecule has 0 N–H and O–H groups in total. The third-order valence-electron chi connectivity index (χ3n) is 2.04. The fourth-order valence-corrected chi connectivity index (χ4v) is 1.40. The molecule has 0 radical (unpaired) electrons. The van der Waals surface area contributed by atoms with E-state index in [0.29, 0.717) is 18.1 Å². The molecule has 1 aromatic rings. The summed E-state index contributed by atoms with van der Waals surface area (Å²) in [4.78, 5) is 10.9. The summed E-state index contributed by atoms with van der Waals surface area (Å²) >= 11 is 0. The van der Waals surface area contributed by atoms with Crippen LogP contribution in [-0.4, -0.2) is 19.9 Å². The Bertz CT molecular complexity index is 359. The molecule has 4 heteroatoms. The number of fused-ring (bicyclic) bond motifs is 1. The van der Waals surface area contributed by atoms with Gasteiger partial charge in [-0.25, -0.2) is 4.79 Å². The maximum atomic E-state index is 10.9. The summed E-state index contributed by atoms with van der Waals surface area (Å²) < 4.78 is 14.7. The molecule has 2 rings (SSSR count). The zero-order valence-electron chi connectivity index (χ0n) is 7.78. The zero-order chi connectivity index (χ0) is 9.97. The zero-order valence-corrected chi connectivity index (χ0v) is 7.78. The summed E-state index contributed by atoms with van der Waals surface area (Å²) in [5.74, 6) is 1.07. The third-order valence-corrected chi connectivity index (χ3v) is 2.04. The smallest absolute Gasteiger partial charge is 0.489 e. The van der Waals surface area contributed by atoms with Gasteiger partial charge >= 0.3 is 6.16 Å². The number of para-hydroxylation sites is 1. The van der Waals surface area contributed by atoms with E-state index >= 15 is 0 Å². The van der Waals surface area contributed by atoms with Gasteiger partial charge in [-0.2, -0.15) is 0 Å². The molecular weight excluding hydrogens is 184 g/mol. The minimum absolute atomic E-state index is 0.423. The van der Waals surface area contributed by atoms with Crippen molar-refractivity contribution in [1.82, 2.24) is 0 Å². The molecule has 1 heterocycles. The van der Waals surface area contributed by atoms with Gasteiger partial charge in [-0.3, -0.25) is 0 Å². The van der Waals surface area contributed by atoms with Gasteiger partial charge in [0.2, 0.25) is 0 Å². The quantitative estimate of drug-likeness (QED) is 0.504. The van der Waals surface area contributed by atoms with Gasteiger partial charge in [-0.1, -0.05) is 12.1 Å². The summed E-state index contributed by atoms with van der Waals surface area (Å²) in [6.07, 6.45) is 0.127. The number of rotatable bonds is 1. The number of methoxy groups -OCH3 is 1. The Morgan fingerprint density at radius 3 is 3.14 bits per heavy atom. The van der Waals surface area contributed by atoms with E-state index in [4.69, 9.17) is 9.47 Å². The summed E-state index contributed by atoms with van der Waals surface area (Å²) in [5.41, 5.74) is 1.06. The van der Waals surface area contributed by atoms with Crippen molar-refractivity contribution in [2.24, 2.45) is 0 Å². The van der Waals surface area contributed by atoms with Crippen LogP contribution in [0.2, 0.25) is 0 Å². The van der Waals surface area contributed by atoms with Crippen LogP contribution in [0.15, 0.2) is 18.2 Å². The van der Waals surface area contributed by atoms with E-state index in [1.165, 1.54) is 7.11 Å². The number of hydrogen-bond acceptors (Lipinski definition) is 4. The van der Waals surface area contributed by atoms with Crippen molar-refractivity contribution in [1.29, 1.82) is 0 Å². The Morgan fingerprint density at radius 2 is 2.36 bits per heavy atom. The lowest BCUT2D eigenvalue weighted by Gasteiger charge is -2.06. The Labute approximate surface area is 81.4 Å². The molecule has 4 nitrogen and oxygen atoms in total. The predicted molar refractivity (Wildman–Crippen MR) is 48.7 cm³/mol. The van der Waals surface area contributed by atoms with Crippen LogP contribution in [0.5, 0.6) is 11.5 Å². The van der Waals surface area contributed by atoms with Crippen molar-refractivity contribution in [3.63, 3.8) is 0 Å². The van der Waals surface area contributed by atoms with E-state index in [0.717, 1.165) is 12.0 Å². The molecule has 0 saturated heterocycles. The lowest BCUT2D eigenvalue weighted by atomic mass is 10.1. The van der Waals surface area contributed by atoms with Crippen molar-refractivity contribution >= 4 is 6.16 Å². The molecule has 1 aliphatic rings. The minimum atomic E-state index is -0.728. The number of carbonyl (C=O) groups is 1. The summed E-state index contributed by atoms with van der Waals surface area (Å²) in [7, 11) is 1.27. The standard InChI is InChI=1S/C10H10O4/c1-12-10(11)14-8-4-2-3-7-5-6-13-9(7)8/h2-4H,5-6H2,1H3. The van der Waals surface area contributed by atoms with Gasteiger partial charge in [0, 0.05) is 12.0 Å². The first-order chi connectivity index (χ1) is 6.81. The molecule has 0 amide bonds. The molecule has 1 aliphatic heterocycles. The summed E-state index contributed by atoms with van der Waals surface area (Å²) in [6.45, 7) is 0.636. The molecule has 0 unspecified atom stereocenters. The van der Waals surface area contributed by atoms with E-state index < -0.39 is 6.16 Å². The summed E-state index contributed by atoms with van der Waals surface area (Å²) in [6, 6.07) is 5.46. The van der Waals surface area contributed by atoms with Crippen LogP contribution in [-0.2, 0) is 11.2 Å². The van der Waals surface area contributed by atoms with Gasteiger partial charge in [-0.15, -0.1) is 0 Å². The van der Waals surface area contributed by atoms with Crippen molar-refractivity contribution < 1.29 is 19.0 Å². The maximum absolute atomic E-state index is 10.9. The van der Waals surface area contributed by atoms with Crippen LogP contribution in [0.3, 0.4) is 0 Å². The maximum Gasteiger partial charge on any atom is 0.513 e. The Kier molecular flexibility index (Phi) is 2.26. The SMILES string of the molecule is COC(=O)Oc1cccc2c1OCC2. The molecule has 0 saturated carbocycles. The second kappa shape index (κ2) is 3.57. The van der Waals surface area contributed by atoms with Gasteiger partial charge in [-0.05, 0) is 6.07 Å². The highest BCUT2D eigenvalue weighted by atomic mass is 16.7. The second-order valence-corrected chi connectivity index (χ2v) is 2.90. The van der Waals surface area contributed by atoms with E-state index in [-0.39, 0.29) is 0 Å². The number of hydrogen-bond donors (Lipinski definition) is 0. The minimum Gasteiger partial charge on any atom is -0.489 e. The van der Waals surface area contributed by atoms with Crippen LogP contribution in [0.4, 0.5) is 4.79 Å². The molecule has 0 bridgehead atoms. The van der Waals surface area contributed by atoms with Gasteiger partial charge in [0.25, 0.3) is 0 Å². The van der Waals surface area contributed by atoms with Crippen LogP contribution in [0.25, 0.3) is 0 Å². The summed E-state index contributed by atoms with van der Waals surface area (Å²) in [5, 5.41) is 0. The lowest BCUT2D eigenvalue weighted by molar-refractivity contribution is 0.120. The van der Waals surface area contributed by atoms with Crippen LogP contribution in [0, 0.1) is 0 Å². The molecule has 74 valence electrons. The fraction of sp³-hybridized carbons (Fsp3) is 0.300. The van der Waals surface area contributed by atoms with Gasteiger partial charge in [0.1, 0.15) is 0 Å². The molecule has 14 heavy (non-hydrogen) atoms.